The first-order chi connectivity index (χ1) is 13.7. The second-order valence-corrected chi connectivity index (χ2v) is 13.6. The minimum absolute atomic E-state index is 0.348. The van der Waals surface area contributed by atoms with E-state index in [4.69, 9.17) is 9.72 Å². The molecule has 29 heavy (non-hydrogen) atoms. The average Bonchev–Trinajstić information content (AvgIpc) is 3.29. The topological polar surface area (TPSA) is 57.0 Å². The van der Waals surface area contributed by atoms with Gasteiger partial charge in [-0.3, -0.25) is 4.68 Å². The van der Waals surface area contributed by atoms with Crippen LogP contribution in [-0.4, -0.2) is 35.4 Å². The van der Waals surface area contributed by atoms with Crippen LogP contribution in [0.5, 0.6) is 0 Å². The molecule has 0 amide bonds. The molecule has 2 heterocycles. The Labute approximate surface area is 176 Å². The molecule has 2 aromatic heterocycles. The Bertz CT molecular complexity index is 1080. The number of hydrogen-bond acceptors (Lipinski definition) is 5. The Hall–Kier alpha value is -2.69. The fourth-order valence-corrected chi connectivity index (χ4v) is 4.00. The van der Waals surface area contributed by atoms with Gasteiger partial charge in [-0.15, -0.1) is 16.9 Å². The summed E-state index contributed by atoms with van der Waals surface area (Å²) in [4.78, 5) is 16.5. The maximum Gasteiger partial charge on any atom is 0.341 e. The van der Waals surface area contributed by atoms with Gasteiger partial charge in [-0.05, 0) is 37.6 Å². The van der Waals surface area contributed by atoms with E-state index in [0.717, 1.165) is 21.8 Å². The van der Waals surface area contributed by atoms with Crippen molar-refractivity contribution < 1.29 is 9.53 Å². The van der Waals surface area contributed by atoms with Gasteiger partial charge in [0.05, 0.1) is 30.6 Å². The molecule has 0 fully saturated rings. The fourth-order valence-electron chi connectivity index (χ4n) is 2.69. The molecule has 1 aromatic carbocycles. The lowest BCUT2D eigenvalue weighted by Gasteiger charge is -2.05. The van der Waals surface area contributed by atoms with Gasteiger partial charge in [0.2, 0.25) is 0 Å². The molecule has 0 aliphatic rings. The van der Waals surface area contributed by atoms with Crippen LogP contribution in [0.3, 0.4) is 0 Å². The summed E-state index contributed by atoms with van der Waals surface area (Å²) in [6.45, 7) is 11.5. The number of hydrogen-bond donors (Lipinski definition) is 0. The molecule has 3 rings (SSSR count). The lowest BCUT2D eigenvalue weighted by molar-refractivity contribution is 0.0526. The summed E-state index contributed by atoms with van der Waals surface area (Å²) >= 11 is 1.58. The van der Waals surface area contributed by atoms with E-state index in [-0.39, 0.29) is 5.97 Å². The molecule has 0 N–H and O–H groups in total. The van der Waals surface area contributed by atoms with Crippen molar-refractivity contribution in [3.63, 3.8) is 0 Å². The minimum Gasteiger partial charge on any atom is -0.462 e. The third kappa shape index (κ3) is 5.89. The van der Waals surface area contributed by atoms with Gasteiger partial charge in [0.1, 0.15) is 13.1 Å². The Morgan fingerprint density at radius 1 is 1.28 bits per heavy atom. The van der Waals surface area contributed by atoms with Gasteiger partial charge in [0.15, 0.2) is 0 Å². The molecule has 0 atom stereocenters. The second kappa shape index (κ2) is 8.76. The van der Waals surface area contributed by atoms with Crippen LogP contribution < -0.4 is 0 Å². The van der Waals surface area contributed by atoms with Gasteiger partial charge >= 0.3 is 5.97 Å². The Balaban J connectivity index is 1.79. The number of carbonyl (C=O) groups excluding carboxylic acids is 1. The lowest BCUT2D eigenvalue weighted by atomic mass is 10.1. The van der Waals surface area contributed by atoms with E-state index in [1.54, 1.807) is 29.1 Å². The largest absolute Gasteiger partial charge is 0.462 e. The molecule has 0 unspecified atom stereocenters. The zero-order valence-electron chi connectivity index (χ0n) is 17.4. The third-order valence-corrected chi connectivity index (χ3v) is 5.66. The normalized spacial score (nSPS) is 11.1. The standard InChI is InChI=1S/C22H25N3O2SSi/c1-6-27-22(26)19-12-23-25(13-19)14-21-24-20(15-28-21)18-10-16(2)9-17(11-18)7-8-29(3,4)5/h9-13,15H,6,14H2,1-5H3. The number of thiazole rings is 1. The van der Waals surface area contributed by atoms with Crippen LogP contribution in [-0.2, 0) is 11.3 Å². The van der Waals surface area contributed by atoms with Crippen molar-refractivity contribution >= 4 is 25.4 Å². The maximum atomic E-state index is 11.8. The summed E-state index contributed by atoms with van der Waals surface area (Å²) in [5.41, 5.74) is 8.08. The number of nitrogens with zero attached hydrogens (tertiary/aromatic N) is 3. The number of ether oxygens (including phenoxy) is 1. The summed E-state index contributed by atoms with van der Waals surface area (Å²) in [6.07, 6.45) is 3.21. The van der Waals surface area contributed by atoms with Crippen molar-refractivity contribution in [3.05, 3.63) is 57.7 Å². The van der Waals surface area contributed by atoms with Crippen molar-refractivity contribution in [2.75, 3.05) is 6.61 Å². The summed E-state index contributed by atoms with van der Waals surface area (Å²) < 4.78 is 6.71. The van der Waals surface area contributed by atoms with E-state index >= 15 is 0 Å². The predicted molar refractivity (Wildman–Crippen MR) is 120 cm³/mol. The number of aromatic nitrogens is 3. The first kappa shape index (κ1) is 21.0. The van der Waals surface area contributed by atoms with Gasteiger partial charge in [-0.2, -0.15) is 5.10 Å². The van der Waals surface area contributed by atoms with E-state index in [9.17, 15) is 4.79 Å². The molecule has 0 bridgehead atoms. The highest BCUT2D eigenvalue weighted by Crippen LogP contribution is 2.24. The van der Waals surface area contributed by atoms with E-state index in [2.05, 4.69) is 66.7 Å². The highest BCUT2D eigenvalue weighted by atomic mass is 32.1. The lowest BCUT2D eigenvalue weighted by Crippen LogP contribution is -2.16. The Morgan fingerprint density at radius 2 is 2.07 bits per heavy atom. The molecular formula is C22H25N3O2SSi. The van der Waals surface area contributed by atoms with Gasteiger partial charge < -0.3 is 4.74 Å². The molecule has 0 saturated heterocycles. The number of aryl methyl sites for hydroxylation is 1. The molecule has 0 saturated carbocycles. The molecule has 0 aliphatic carbocycles. The molecule has 0 aliphatic heterocycles. The predicted octanol–water partition coefficient (Wildman–Crippen LogP) is 4.77. The number of benzene rings is 1. The van der Waals surface area contributed by atoms with Crippen LogP contribution in [0.4, 0.5) is 0 Å². The van der Waals surface area contributed by atoms with Crippen LogP contribution in [0.1, 0.15) is 33.4 Å². The first-order valence-corrected chi connectivity index (χ1v) is 13.9. The van der Waals surface area contributed by atoms with Gasteiger partial charge in [0.25, 0.3) is 0 Å². The van der Waals surface area contributed by atoms with E-state index < -0.39 is 8.07 Å². The summed E-state index contributed by atoms with van der Waals surface area (Å²) in [5, 5.41) is 7.22. The van der Waals surface area contributed by atoms with Crippen molar-refractivity contribution in [2.45, 2.75) is 40.0 Å². The van der Waals surface area contributed by atoms with E-state index in [1.807, 2.05) is 0 Å². The van der Waals surface area contributed by atoms with E-state index in [0.29, 0.717) is 18.7 Å². The SMILES string of the molecule is CCOC(=O)c1cnn(Cc2nc(-c3cc(C)cc(C#C[Si](C)(C)C)c3)cs2)c1. The second-order valence-electron chi connectivity index (χ2n) is 7.86. The highest BCUT2D eigenvalue weighted by molar-refractivity contribution is 7.09. The van der Waals surface area contributed by atoms with Crippen LogP contribution in [0, 0.1) is 18.4 Å². The number of rotatable bonds is 5. The molecule has 5 nitrogen and oxygen atoms in total. The van der Waals surface area contributed by atoms with Crippen molar-refractivity contribution in [1.82, 2.24) is 14.8 Å². The molecule has 0 radical (unpaired) electrons. The number of carbonyl (C=O) groups is 1. The Morgan fingerprint density at radius 3 is 2.79 bits per heavy atom. The van der Waals surface area contributed by atoms with Gasteiger partial charge in [-0.25, -0.2) is 9.78 Å². The van der Waals surface area contributed by atoms with Crippen molar-refractivity contribution in [2.24, 2.45) is 0 Å². The summed E-state index contributed by atoms with van der Waals surface area (Å²) in [7, 11) is -1.42. The zero-order chi connectivity index (χ0) is 21.0. The highest BCUT2D eigenvalue weighted by Gasteiger charge is 2.12. The van der Waals surface area contributed by atoms with Crippen molar-refractivity contribution in [3.8, 4) is 22.7 Å². The summed E-state index contributed by atoms with van der Waals surface area (Å²) in [5.74, 6) is 2.98. The molecule has 0 spiro atoms. The summed E-state index contributed by atoms with van der Waals surface area (Å²) in [6, 6.07) is 6.35. The van der Waals surface area contributed by atoms with Crippen LogP contribution in [0.25, 0.3) is 11.3 Å². The van der Waals surface area contributed by atoms with Crippen LogP contribution in [0.2, 0.25) is 19.6 Å². The number of esters is 1. The van der Waals surface area contributed by atoms with Gasteiger partial charge in [-0.1, -0.05) is 25.6 Å². The Kier molecular flexibility index (Phi) is 6.35. The average molecular weight is 424 g/mol. The van der Waals surface area contributed by atoms with Crippen LogP contribution in [0.15, 0.2) is 36.0 Å². The fraction of sp³-hybridized carbons (Fsp3) is 0.318. The van der Waals surface area contributed by atoms with Gasteiger partial charge in [0, 0.05) is 22.7 Å². The van der Waals surface area contributed by atoms with E-state index in [1.165, 1.54) is 11.8 Å². The van der Waals surface area contributed by atoms with Crippen molar-refractivity contribution in [1.29, 1.82) is 0 Å². The maximum absolute atomic E-state index is 11.8. The smallest absolute Gasteiger partial charge is 0.341 e. The first-order valence-electron chi connectivity index (χ1n) is 9.53. The van der Waals surface area contributed by atoms with Crippen LogP contribution >= 0.6 is 11.3 Å². The monoisotopic (exact) mass is 423 g/mol. The molecule has 7 heteroatoms. The quantitative estimate of drug-likeness (QED) is 0.337. The molecular weight excluding hydrogens is 398 g/mol. The third-order valence-electron chi connectivity index (χ3n) is 3.95. The minimum atomic E-state index is -1.42. The zero-order valence-corrected chi connectivity index (χ0v) is 19.3. The molecule has 150 valence electrons. The molecule has 3 aromatic rings.